The highest BCUT2D eigenvalue weighted by Crippen LogP contribution is 2.26. The first-order valence-electron chi connectivity index (χ1n) is 6.65. The summed E-state index contributed by atoms with van der Waals surface area (Å²) in [4.78, 5) is 13.0. The van der Waals surface area contributed by atoms with Crippen molar-refractivity contribution in [2.24, 2.45) is 5.73 Å². The Morgan fingerprint density at radius 3 is 2.32 bits per heavy atom. The Labute approximate surface area is 119 Å². The van der Waals surface area contributed by atoms with E-state index in [4.69, 9.17) is 5.73 Å². The predicted molar refractivity (Wildman–Crippen MR) is 78.4 cm³/mol. The van der Waals surface area contributed by atoms with Gasteiger partial charge in [0.25, 0.3) is 5.91 Å². The van der Waals surface area contributed by atoms with E-state index >= 15 is 0 Å². The molecular formula is C13H24N4OS. The molecule has 19 heavy (non-hydrogen) atoms. The Bertz CT molecular complexity index is 424. The van der Waals surface area contributed by atoms with Gasteiger partial charge in [-0.25, -0.2) is 0 Å². The lowest BCUT2D eigenvalue weighted by atomic mass is 9.90. The molecule has 6 heteroatoms. The number of nitrogens with two attached hydrogens (primary N) is 1. The smallest absolute Gasteiger partial charge is 0.265 e. The fourth-order valence-corrected chi connectivity index (χ4v) is 2.67. The summed E-state index contributed by atoms with van der Waals surface area (Å²) in [6, 6.07) is 0. The van der Waals surface area contributed by atoms with Gasteiger partial charge in [0.05, 0.1) is 11.2 Å². The molecule has 1 aromatic rings. The third-order valence-corrected chi connectivity index (χ3v) is 4.25. The maximum atomic E-state index is 12.4. The van der Waals surface area contributed by atoms with Crippen molar-refractivity contribution in [3.63, 3.8) is 0 Å². The molecule has 0 aliphatic carbocycles. The molecule has 5 nitrogen and oxygen atoms in total. The van der Waals surface area contributed by atoms with Crippen LogP contribution >= 0.6 is 11.5 Å². The van der Waals surface area contributed by atoms with Gasteiger partial charge in [-0.3, -0.25) is 4.79 Å². The molecule has 0 aliphatic heterocycles. The molecular weight excluding hydrogens is 260 g/mol. The van der Waals surface area contributed by atoms with Gasteiger partial charge >= 0.3 is 0 Å². The summed E-state index contributed by atoms with van der Waals surface area (Å²) in [5.41, 5.74) is 6.03. The van der Waals surface area contributed by atoms with Crippen LogP contribution in [0.4, 0.5) is 0 Å². The number of aromatic nitrogens is 2. The van der Waals surface area contributed by atoms with Crippen molar-refractivity contribution in [3.05, 3.63) is 10.6 Å². The number of nitrogens with one attached hydrogen (secondary N) is 1. The zero-order valence-corrected chi connectivity index (χ0v) is 13.2. The van der Waals surface area contributed by atoms with E-state index in [-0.39, 0.29) is 16.9 Å². The van der Waals surface area contributed by atoms with Crippen LogP contribution in [0.1, 0.15) is 62.8 Å². The predicted octanol–water partition coefficient (Wildman–Crippen LogP) is 2.08. The van der Waals surface area contributed by atoms with E-state index in [1.54, 1.807) is 0 Å². The molecule has 1 amide bonds. The Balaban J connectivity index is 2.99. The molecule has 0 aliphatic rings. The Morgan fingerprint density at radius 2 is 1.89 bits per heavy atom. The molecule has 3 N–H and O–H groups in total. The third kappa shape index (κ3) is 3.51. The summed E-state index contributed by atoms with van der Waals surface area (Å²) in [6.45, 7) is 10.6. The van der Waals surface area contributed by atoms with E-state index in [1.807, 2.05) is 34.6 Å². The van der Waals surface area contributed by atoms with Crippen LogP contribution in [0.2, 0.25) is 0 Å². The molecule has 0 saturated heterocycles. The average Bonchev–Trinajstić information content (AvgIpc) is 2.85. The fourth-order valence-electron chi connectivity index (χ4n) is 1.89. The van der Waals surface area contributed by atoms with Crippen LogP contribution < -0.4 is 11.1 Å². The van der Waals surface area contributed by atoms with Crippen LogP contribution in [0.25, 0.3) is 0 Å². The van der Waals surface area contributed by atoms with Crippen molar-refractivity contribution < 1.29 is 4.79 Å². The first-order chi connectivity index (χ1) is 8.79. The second-order valence-corrected chi connectivity index (χ2v) is 6.60. The van der Waals surface area contributed by atoms with E-state index in [2.05, 4.69) is 14.9 Å². The highest BCUT2D eigenvalue weighted by molar-refractivity contribution is 7.08. The first-order valence-corrected chi connectivity index (χ1v) is 7.42. The lowest BCUT2D eigenvalue weighted by molar-refractivity contribution is 0.0897. The second-order valence-electron chi connectivity index (χ2n) is 5.85. The minimum Gasteiger partial charge on any atom is -0.345 e. The van der Waals surface area contributed by atoms with Gasteiger partial charge in [-0.2, -0.15) is 0 Å². The van der Waals surface area contributed by atoms with Crippen LogP contribution in [-0.2, 0) is 5.41 Å². The minimum absolute atomic E-state index is 0.117. The number of nitrogens with zero attached hydrogens (tertiary/aromatic N) is 2. The maximum absolute atomic E-state index is 12.4. The van der Waals surface area contributed by atoms with E-state index < -0.39 is 0 Å². The number of hydrogen-bond acceptors (Lipinski definition) is 5. The minimum atomic E-state index is -0.337. The van der Waals surface area contributed by atoms with Gasteiger partial charge in [-0.1, -0.05) is 39.1 Å². The number of amides is 1. The van der Waals surface area contributed by atoms with Crippen molar-refractivity contribution in [3.8, 4) is 0 Å². The summed E-state index contributed by atoms with van der Waals surface area (Å²) >= 11 is 1.14. The monoisotopic (exact) mass is 284 g/mol. The number of rotatable bonds is 5. The normalized spacial score (nSPS) is 12.5. The van der Waals surface area contributed by atoms with E-state index in [9.17, 15) is 4.79 Å². The number of hydrogen-bond donors (Lipinski definition) is 2. The zero-order valence-electron chi connectivity index (χ0n) is 12.4. The molecule has 0 unspecified atom stereocenters. The number of carbonyl (C=O) groups is 1. The molecule has 0 radical (unpaired) electrons. The second kappa shape index (κ2) is 5.96. The van der Waals surface area contributed by atoms with Crippen molar-refractivity contribution in [2.75, 3.05) is 6.54 Å². The van der Waals surface area contributed by atoms with Crippen molar-refractivity contribution in [1.82, 2.24) is 14.9 Å². The molecule has 0 saturated carbocycles. The van der Waals surface area contributed by atoms with Crippen LogP contribution in [0.5, 0.6) is 0 Å². The van der Waals surface area contributed by atoms with E-state index in [0.717, 1.165) is 30.1 Å². The van der Waals surface area contributed by atoms with E-state index in [0.29, 0.717) is 11.4 Å². The lowest BCUT2D eigenvalue weighted by Gasteiger charge is -2.31. The Morgan fingerprint density at radius 1 is 1.32 bits per heavy atom. The molecule has 108 valence electrons. The summed E-state index contributed by atoms with van der Waals surface area (Å²) in [5.74, 6) is -0.117. The van der Waals surface area contributed by atoms with Gasteiger partial charge in [0.15, 0.2) is 0 Å². The third-order valence-electron chi connectivity index (χ3n) is 3.53. The molecule has 0 fully saturated rings. The molecule has 0 atom stereocenters. The topological polar surface area (TPSA) is 80.9 Å². The maximum Gasteiger partial charge on any atom is 0.265 e. The fraction of sp³-hybridized carbons (Fsp3) is 0.769. The summed E-state index contributed by atoms with van der Waals surface area (Å²) < 4.78 is 3.92. The molecule has 0 aromatic carbocycles. The molecule has 1 rings (SSSR count). The van der Waals surface area contributed by atoms with Crippen LogP contribution in [-0.4, -0.2) is 27.6 Å². The van der Waals surface area contributed by atoms with Gasteiger partial charge < -0.3 is 11.1 Å². The van der Waals surface area contributed by atoms with Gasteiger partial charge in [0.1, 0.15) is 4.88 Å². The van der Waals surface area contributed by atoms with Gasteiger partial charge in [-0.05, 0) is 24.4 Å². The summed E-state index contributed by atoms with van der Waals surface area (Å²) in [6.07, 6.45) is 1.62. The average molecular weight is 284 g/mol. The van der Waals surface area contributed by atoms with Crippen LogP contribution in [0, 0.1) is 0 Å². The highest BCUT2D eigenvalue weighted by Gasteiger charge is 2.31. The van der Waals surface area contributed by atoms with Crippen molar-refractivity contribution in [2.45, 2.75) is 58.4 Å². The Kier molecular flexibility index (Phi) is 5.04. The van der Waals surface area contributed by atoms with Crippen molar-refractivity contribution in [1.29, 1.82) is 0 Å². The SMILES string of the molecule is CCC(CC)(CN)NC(=O)c1snnc1C(C)(C)C. The van der Waals surface area contributed by atoms with Gasteiger partial charge in [0.2, 0.25) is 0 Å². The van der Waals surface area contributed by atoms with Gasteiger partial charge in [-0.15, -0.1) is 5.10 Å². The molecule has 1 aromatic heterocycles. The summed E-state index contributed by atoms with van der Waals surface area (Å²) in [7, 11) is 0. The Hall–Kier alpha value is -1.01. The molecule has 0 spiro atoms. The highest BCUT2D eigenvalue weighted by atomic mass is 32.1. The molecule has 1 heterocycles. The van der Waals surface area contributed by atoms with Gasteiger partial charge in [0, 0.05) is 12.0 Å². The lowest BCUT2D eigenvalue weighted by Crippen LogP contribution is -2.53. The molecule has 0 bridgehead atoms. The first kappa shape index (κ1) is 16.0. The van der Waals surface area contributed by atoms with E-state index in [1.165, 1.54) is 0 Å². The summed E-state index contributed by atoms with van der Waals surface area (Å²) in [5, 5.41) is 7.15. The van der Waals surface area contributed by atoms with Crippen LogP contribution in [0.15, 0.2) is 0 Å². The zero-order chi connectivity index (χ0) is 14.7. The standard InChI is InChI=1S/C13H24N4OS/c1-6-13(7-2,8-14)15-11(18)9-10(12(3,4)5)16-17-19-9/h6-8,14H2,1-5H3,(H,15,18). The quantitative estimate of drug-likeness (QED) is 0.867. The number of carbonyl (C=O) groups excluding carboxylic acids is 1. The van der Waals surface area contributed by atoms with Crippen molar-refractivity contribution >= 4 is 17.4 Å². The van der Waals surface area contributed by atoms with Crippen LogP contribution in [0.3, 0.4) is 0 Å². The largest absolute Gasteiger partial charge is 0.345 e.